The number of carbonyl (C=O) groups is 1. The van der Waals surface area contributed by atoms with E-state index >= 15 is 0 Å². The molecular weight excluding hydrogens is 164 g/mol. The highest BCUT2D eigenvalue weighted by Gasteiger charge is 2.08. The average molecular weight is 170 g/mol. The molecular formula is C10H6N2O. The van der Waals surface area contributed by atoms with E-state index in [0.717, 1.165) is 16.7 Å². The zero-order valence-electron chi connectivity index (χ0n) is 6.77. The number of allylic oxidation sites excluding steroid dienone is 1. The molecule has 0 unspecified atom stereocenters. The fraction of sp³-hybridized carbons (Fsp3) is 0. The van der Waals surface area contributed by atoms with Gasteiger partial charge in [0.15, 0.2) is 5.78 Å². The van der Waals surface area contributed by atoms with Gasteiger partial charge < -0.3 is 0 Å². The van der Waals surface area contributed by atoms with E-state index in [1.165, 1.54) is 6.08 Å². The Kier molecular flexibility index (Phi) is 1.05. The van der Waals surface area contributed by atoms with Crippen molar-refractivity contribution < 1.29 is 4.79 Å². The summed E-state index contributed by atoms with van der Waals surface area (Å²) in [5.74, 6) is 0.0236. The smallest absolute Gasteiger partial charge is 0.180 e. The molecule has 0 amide bonds. The molecule has 1 aliphatic carbocycles. The number of fused-ring (bicyclic) bond motifs is 3. The van der Waals surface area contributed by atoms with Crippen LogP contribution in [0.15, 0.2) is 24.4 Å². The summed E-state index contributed by atoms with van der Waals surface area (Å²) >= 11 is 0. The van der Waals surface area contributed by atoms with E-state index in [-0.39, 0.29) is 5.78 Å². The number of aromatic nitrogens is 2. The highest BCUT2D eigenvalue weighted by atomic mass is 16.1. The van der Waals surface area contributed by atoms with Gasteiger partial charge in [-0.2, -0.15) is 0 Å². The minimum absolute atomic E-state index is 0.0236. The van der Waals surface area contributed by atoms with E-state index in [0.29, 0.717) is 0 Å². The van der Waals surface area contributed by atoms with Gasteiger partial charge in [-0.15, -0.1) is 0 Å². The topological polar surface area (TPSA) is 34.4 Å². The van der Waals surface area contributed by atoms with Crippen molar-refractivity contribution in [3.05, 3.63) is 35.4 Å². The molecule has 0 atom stereocenters. The Hall–Kier alpha value is -1.90. The summed E-state index contributed by atoms with van der Waals surface area (Å²) in [4.78, 5) is 15.4. The minimum atomic E-state index is 0.0236. The van der Waals surface area contributed by atoms with Gasteiger partial charge in [0.05, 0.1) is 11.0 Å². The molecule has 0 spiro atoms. The fourth-order valence-electron chi connectivity index (χ4n) is 1.58. The first kappa shape index (κ1) is 6.60. The molecule has 0 saturated heterocycles. The van der Waals surface area contributed by atoms with Gasteiger partial charge in [0.1, 0.15) is 5.65 Å². The zero-order chi connectivity index (χ0) is 8.84. The van der Waals surface area contributed by atoms with Gasteiger partial charge in [0, 0.05) is 12.3 Å². The third kappa shape index (κ3) is 0.783. The standard InChI is InChI=1S/C10H6N2O/c13-7-3-4-8-9(6-7)12-5-1-2-10(12)11-8/h1-6H. The molecule has 0 saturated carbocycles. The number of rotatable bonds is 0. The molecule has 0 bridgehead atoms. The SMILES string of the molecule is O=C1C=Cc2nc3cccn3c2=C1. The molecule has 13 heavy (non-hydrogen) atoms. The molecule has 2 aromatic heterocycles. The van der Waals surface area contributed by atoms with Crippen LogP contribution in [0.5, 0.6) is 0 Å². The maximum absolute atomic E-state index is 11.1. The van der Waals surface area contributed by atoms with Crippen molar-refractivity contribution in [1.29, 1.82) is 0 Å². The second kappa shape index (κ2) is 2.07. The van der Waals surface area contributed by atoms with Crippen LogP contribution in [-0.4, -0.2) is 15.2 Å². The van der Waals surface area contributed by atoms with Gasteiger partial charge in [-0.25, -0.2) is 4.98 Å². The highest BCUT2D eigenvalue weighted by Crippen LogP contribution is 2.04. The molecule has 3 nitrogen and oxygen atoms in total. The molecule has 0 aliphatic heterocycles. The van der Waals surface area contributed by atoms with Crippen molar-refractivity contribution in [2.45, 2.75) is 0 Å². The fourth-order valence-corrected chi connectivity index (χ4v) is 1.58. The minimum Gasteiger partial charge on any atom is -0.299 e. The summed E-state index contributed by atoms with van der Waals surface area (Å²) in [5.41, 5.74) is 1.76. The molecule has 2 heterocycles. The summed E-state index contributed by atoms with van der Waals surface area (Å²) in [6, 6.07) is 3.84. The third-order valence-corrected chi connectivity index (χ3v) is 2.17. The van der Waals surface area contributed by atoms with Crippen LogP contribution in [0.4, 0.5) is 0 Å². The Labute approximate surface area is 74.0 Å². The van der Waals surface area contributed by atoms with Crippen molar-refractivity contribution >= 4 is 23.6 Å². The first-order chi connectivity index (χ1) is 6.34. The van der Waals surface area contributed by atoms with Gasteiger partial charge in [0.2, 0.25) is 0 Å². The van der Waals surface area contributed by atoms with Crippen molar-refractivity contribution in [1.82, 2.24) is 9.38 Å². The lowest BCUT2D eigenvalue weighted by Gasteiger charge is -1.92. The Morgan fingerprint density at radius 1 is 1.31 bits per heavy atom. The maximum atomic E-state index is 11.1. The van der Waals surface area contributed by atoms with Crippen molar-refractivity contribution in [2.75, 3.05) is 0 Å². The number of hydrogen-bond acceptors (Lipinski definition) is 2. The molecule has 1 aliphatic rings. The lowest BCUT2D eigenvalue weighted by molar-refractivity contribution is -0.109. The lowest BCUT2D eigenvalue weighted by Crippen LogP contribution is -2.15. The van der Waals surface area contributed by atoms with E-state index in [1.54, 1.807) is 12.2 Å². The number of imidazole rings is 1. The second-order valence-corrected chi connectivity index (χ2v) is 3.00. The van der Waals surface area contributed by atoms with Crippen molar-refractivity contribution in [2.24, 2.45) is 0 Å². The molecule has 0 fully saturated rings. The monoisotopic (exact) mass is 170 g/mol. The Morgan fingerprint density at radius 2 is 2.23 bits per heavy atom. The third-order valence-electron chi connectivity index (χ3n) is 2.17. The van der Waals surface area contributed by atoms with Gasteiger partial charge in [0.25, 0.3) is 0 Å². The molecule has 62 valence electrons. The Balaban J connectivity index is 2.56. The second-order valence-electron chi connectivity index (χ2n) is 3.00. The molecule has 0 N–H and O–H groups in total. The summed E-state index contributed by atoms with van der Waals surface area (Å²) in [6.07, 6.45) is 6.80. The van der Waals surface area contributed by atoms with E-state index < -0.39 is 0 Å². The van der Waals surface area contributed by atoms with Gasteiger partial charge in [-0.1, -0.05) is 0 Å². The van der Waals surface area contributed by atoms with Crippen LogP contribution in [0.2, 0.25) is 0 Å². The van der Waals surface area contributed by atoms with Crippen molar-refractivity contribution in [3.63, 3.8) is 0 Å². The van der Waals surface area contributed by atoms with Crippen molar-refractivity contribution in [3.8, 4) is 0 Å². The lowest BCUT2D eigenvalue weighted by atomic mass is 10.2. The van der Waals surface area contributed by atoms with Crippen LogP contribution >= 0.6 is 0 Å². The quantitative estimate of drug-likeness (QED) is 0.574. The largest absolute Gasteiger partial charge is 0.299 e. The first-order valence-corrected chi connectivity index (χ1v) is 4.05. The predicted molar refractivity (Wildman–Crippen MR) is 48.9 cm³/mol. The van der Waals surface area contributed by atoms with Crippen LogP contribution in [0.1, 0.15) is 5.69 Å². The van der Waals surface area contributed by atoms with Gasteiger partial charge >= 0.3 is 0 Å². The van der Waals surface area contributed by atoms with Gasteiger partial charge in [-0.05, 0) is 24.3 Å². The van der Waals surface area contributed by atoms with E-state index in [2.05, 4.69) is 4.98 Å². The molecule has 3 heteroatoms. The normalized spacial score (nSPS) is 14.6. The maximum Gasteiger partial charge on any atom is 0.180 e. The van der Waals surface area contributed by atoms with E-state index in [9.17, 15) is 4.79 Å². The average Bonchev–Trinajstić information content (AvgIpc) is 2.64. The van der Waals surface area contributed by atoms with E-state index in [4.69, 9.17) is 0 Å². The van der Waals surface area contributed by atoms with Crippen LogP contribution < -0.4 is 5.35 Å². The number of hydrogen-bond donors (Lipinski definition) is 0. The highest BCUT2D eigenvalue weighted by molar-refractivity contribution is 6.16. The van der Waals surface area contributed by atoms with Crippen LogP contribution in [0.25, 0.3) is 17.8 Å². The molecule has 0 aromatic carbocycles. The number of carbonyl (C=O) groups excluding carboxylic acids is 1. The summed E-state index contributed by atoms with van der Waals surface area (Å²) in [7, 11) is 0. The summed E-state index contributed by atoms with van der Waals surface area (Å²) < 4.78 is 1.91. The Morgan fingerprint density at radius 3 is 3.15 bits per heavy atom. The van der Waals surface area contributed by atoms with Crippen LogP contribution in [-0.2, 0) is 4.79 Å². The van der Waals surface area contributed by atoms with Crippen LogP contribution in [0.3, 0.4) is 0 Å². The number of nitrogens with zero attached hydrogens (tertiary/aromatic N) is 2. The Bertz CT molecular complexity index is 577. The van der Waals surface area contributed by atoms with Crippen LogP contribution in [0, 0.1) is 0 Å². The molecule has 3 rings (SSSR count). The molecule has 2 aromatic rings. The zero-order valence-corrected chi connectivity index (χ0v) is 6.77. The summed E-state index contributed by atoms with van der Waals surface area (Å²) in [6.45, 7) is 0. The first-order valence-electron chi connectivity index (χ1n) is 4.05. The molecule has 0 radical (unpaired) electrons. The summed E-state index contributed by atoms with van der Waals surface area (Å²) in [5, 5.41) is 0.882. The van der Waals surface area contributed by atoms with E-state index in [1.807, 2.05) is 22.7 Å². The predicted octanol–water partition coefficient (Wildman–Crippen LogP) is 0.430. The van der Waals surface area contributed by atoms with Gasteiger partial charge in [-0.3, -0.25) is 9.20 Å². The number of ketones is 1.